The molecule has 0 spiro atoms. The van der Waals surface area contributed by atoms with Gasteiger partial charge in [-0.2, -0.15) is 0 Å². The number of amides is 1. The summed E-state index contributed by atoms with van der Waals surface area (Å²) >= 11 is 0. The van der Waals surface area contributed by atoms with Crippen molar-refractivity contribution in [3.05, 3.63) is 29.3 Å². The summed E-state index contributed by atoms with van der Waals surface area (Å²) in [7, 11) is 0. The maximum Gasteiger partial charge on any atom is 0.257 e. The normalized spacial score (nSPS) is 17.4. The second-order valence-corrected chi connectivity index (χ2v) is 5.43. The molecular formula is C16H24N2O2. The number of ether oxygens (including phenoxy) is 1. The molecule has 1 aromatic rings. The minimum Gasteiger partial charge on any atom is -0.484 e. The second-order valence-electron chi connectivity index (χ2n) is 5.43. The van der Waals surface area contributed by atoms with Crippen LogP contribution in [0.3, 0.4) is 0 Å². The Morgan fingerprint density at radius 3 is 3.10 bits per heavy atom. The van der Waals surface area contributed by atoms with Gasteiger partial charge in [-0.05, 0) is 48.9 Å². The van der Waals surface area contributed by atoms with Gasteiger partial charge < -0.3 is 15.8 Å². The van der Waals surface area contributed by atoms with E-state index in [9.17, 15) is 4.79 Å². The molecule has 1 aliphatic carbocycles. The van der Waals surface area contributed by atoms with Gasteiger partial charge in [0.15, 0.2) is 6.61 Å². The van der Waals surface area contributed by atoms with Gasteiger partial charge in [-0.1, -0.05) is 19.4 Å². The number of benzene rings is 1. The van der Waals surface area contributed by atoms with Gasteiger partial charge in [0.05, 0.1) is 0 Å². The first-order valence-electron chi connectivity index (χ1n) is 7.46. The first-order valence-corrected chi connectivity index (χ1v) is 7.46. The number of nitrogens with one attached hydrogen (secondary N) is 1. The lowest BCUT2D eigenvalue weighted by atomic mass is 9.89. The van der Waals surface area contributed by atoms with E-state index in [1.165, 1.54) is 11.1 Å². The molecule has 3 N–H and O–H groups in total. The number of carbonyl (C=O) groups is 1. The fraction of sp³-hybridized carbons (Fsp3) is 0.562. The summed E-state index contributed by atoms with van der Waals surface area (Å²) in [5.41, 5.74) is 8.60. The fourth-order valence-electron chi connectivity index (χ4n) is 2.46. The van der Waals surface area contributed by atoms with Crippen molar-refractivity contribution in [1.29, 1.82) is 0 Å². The van der Waals surface area contributed by atoms with Gasteiger partial charge in [-0.3, -0.25) is 4.79 Å². The molecular weight excluding hydrogens is 252 g/mol. The summed E-state index contributed by atoms with van der Waals surface area (Å²) in [6.45, 7) is 2.90. The average molecular weight is 276 g/mol. The van der Waals surface area contributed by atoms with Crippen molar-refractivity contribution in [3.8, 4) is 5.75 Å². The molecule has 0 radical (unpaired) electrons. The fourth-order valence-corrected chi connectivity index (χ4v) is 2.46. The van der Waals surface area contributed by atoms with Crippen LogP contribution >= 0.6 is 0 Å². The summed E-state index contributed by atoms with van der Waals surface area (Å²) in [4.78, 5) is 11.6. The largest absolute Gasteiger partial charge is 0.484 e. The minimum atomic E-state index is -0.0622. The Hall–Kier alpha value is -1.55. The van der Waals surface area contributed by atoms with Crippen molar-refractivity contribution in [2.24, 2.45) is 5.73 Å². The Kier molecular flexibility index (Phi) is 5.41. The van der Waals surface area contributed by atoms with Gasteiger partial charge in [0.25, 0.3) is 5.91 Å². The van der Waals surface area contributed by atoms with E-state index in [2.05, 4.69) is 18.3 Å². The summed E-state index contributed by atoms with van der Waals surface area (Å²) in [6, 6.07) is 6.30. The third-order valence-corrected chi connectivity index (χ3v) is 3.67. The van der Waals surface area contributed by atoms with Gasteiger partial charge in [0.1, 0.15) is 5.75 Å². The lowest BCUT2D eigenvalue weighted by Crippen LogP contribution is -2.30. The molecule has 1 amide bonds. The van der Waals surface area contributed by atoms with E-state index in [0.29, 0.717) is 0 Å². The summed E-state index contributed by atoms with van der Waals surface area (Å²) in [6.07, 6.45) is 5.06. The third-order valence-electron chi connectivity index (χ3n) is 3.67. The minimum absolute atomic E-state index is 0.0622. The molecule has 0 saturated heterocycles. The zero-order valence-electron chi connectivity index (χ0n) is 12.2. The molecule has 0 aromatic heterocycles. The molecule has 0 heterocycles. The van der Waals surface area contributed by atoms with Crippen molar-refractivity contribution < 1.29 is 9.53 Å². The molecule has 1 aliphatic rings. The van der Waals surface area contributed by atoms with Crippen molar-refractivity contribution >= 4 is 5.91 Å². The highest BCUT2D eigenvalue weighted by Crippen LogP contribution is 2.24. The Bertz CT molecular complexity index is 460. The number of unbranched alkanes of at least 4 members (excludes halogenated alkanes) is 1. The van der Waals surface area contributed by atoms with Crippen LogP contribution in [0.25, 0.3) is 0 Å². The summed E-state index contributed by atoms with van der Waals surface area (Å²) in [5.74, 6) is 0.691. The molecule has 1 atom stereocenters. The Morgan fingerprint density at radius 2 is 2.30 bits per heavy atom. The molecule has 0 saturated carbocycles. The van der Waals surface area contributed by atoms with E-state index in [1.54, 1.807) is 0 Å². The average Bonchev–Trinajstić information content (AvgIpc) is 2.45. The summed E-state index contributed by atoms with van der Waals surface area (Å²) < 4.78 is 5.55. The zero-order valence-corrected chi connectivity index (χ0v) is 12.2. The number of hydrogen-bond acceptors (Lipinski definition) is 3. The highest BCUT2D eigenvalue weighted by atomic mass is 16.5. The molecule has 4 nitrogen and oxygen atoms in total. The molecule has 4 heteroatoms. The first-order chi connectivity index (χ1) is 9.69. The Balaban J connectivity index is 1.84. The van der Waals surface area contributed by atoms with E-state index in [4.69, 9.17) is 10.5 Å². The third kappa shape index (κ3) is 4.23. The predicted octanol–water partition coefficient (Wildman–Crippen LogP) is 1.80. The van der Waals surface area contributed by atoms with E-state index >= 15 is 0 Å². The molecule has 2 rings (SSSR count). The monoisotopic (exact) mass is 276 g/mol. The molecule has 1 aromatic carbocycles. The van der Waals surface area contributed by atoms with Crippen LogP contribution < -0.4 is 15.8 Å². The number of carbonyl (C=O) groups excluding carboxylic acids is 1. The second kappa shape index (κ2) is 7.29. The zero-order chi connectivity index (χ0) is 14.4. The molecule has 0 aliphatic heterocycles. The smallest absolute Gasteiger partial charge is 0.257 e. The van der Waals surface area contributed by atoms with Gasteiger partial charge in [-0.25, -0.2) is 0 Å². The van der Waals surface area contributed by atoms with Crippen LogP contribution in [-0.4, -0.2) is 25.1 Å². The number of aryl methyl sites for hydroxylation is 1. The quantitative estimate of drug-likeness (QED) is 0.779. The van der Waals surface area contributed by atoms with Crippen molar-refractivity contribution in [2.45, 2.75) is 45.1 Å². The van der Waals surface area contributed by atoms with Gasteiger partial charge >= 0.3 is 0 Å². The van der Waals surface area contributed by atoms with Crippen LogP contribution in [0.2, 0.25) is 0 Å². The highest BCUT2D eigenvalue weighted by Gasteiger charge is 2.16. The number of rotatable bonds is 6. The van der Waals surface area contributed by atoms with Crippen LogP contribution in [0.15, 0.2) is 18.2 Å². The van der Waals surface area contributed by atoms with Gasteiger partial charge in [0.2, 0.25) is 0 Å². The van der Waals surface area contributed by atoms with Gasteiger partial charge in [-0.15, -0.1) is 0 Å². The van der Waals surface area contributed by atoms with Crippen molar-refractivity contribution in [3.63, 3.8) is 0 Å². The highest BCUT2D eigenvalue weighted by molar-refractivity contribution is 5.77. The number of hydrogen-bond donors (Lipinski definition) is 2. The van der Waals surface area contributed by atoms with E-state index in [-0.39, 0.29) is 18.6 Å². The topological polar surface area (TPSA) is 64.3 Å². The predicted molar refractivity (Wildman–Crippen MR) is 79.9 cm³/mol. The Labute approximate surface area is 120 Å². The van der Waals surface area contributed by atoms with Crippen LogP contribution in [0.1, 0.15) is 37.3 Å². The lowest BCUT2D eigenvalue weighted by Gasteiger charge is -2.21. The SMILES string of the molecule is CCCCNC(=O)COc1ccc2c(c1)C[C@@H](N)CC2. The van der Waals surface area contributed by atoms with E-state index < -0.39 is 0 Å². The number of nitrogens with two attached hydrogens (primary N) is 1. The maximum atomic E-state index is 11.6. The van der Waals surface area contributed by atoms with Crippen LogP contribution in [0, 0.1) is 0 Å². The molecule has 0 unspecified atom stereocenters. The lowest BCUT2D eigenvalue weighted by molar-refractivity contribution is -0.123. The molecule has 20 heavy (non-hydrogen) atoms. The van der Waals surface area contributed by atoms with E-state index in [1.807, 2.05) is 12.1 Å². The number of fused-ring (bicyclic) bond motifs is 1. The van der Waals surface area contributed by atoms with Crippen LogP contribution in [0.4, 0.5) is 0 Å². The molecule has 110 valence electrons. The standard InChI is InChI=1S/C16H24N2O2/c1-2-3-8-18-16(19)11-20-15-7-5-12-4-6-14(17)9-13(12)10-15/h5,7,10,14H,2-4,6,8-9,11,17H2,1H3,(H,18,19)/t14-/m0/s1. The molecule has 0 bridgehead atoms. The van der Waals surface area contributed by atoms with Gasteiger partial charge in [0, 0.05) is 12.6 Å². The maximum absolute atomic E-state index is 11.6. The first kappa shape index (κ1) is 14.9. The molecule has 0 fully saturated rings. The Morgan fingerprint density at radius 1 is 1.45 bits per heavy atom. The van der Waals surface area contributed by atoms with Crippen molar-refractivity contribution in [2.75, 3.05) is 13.2 Å². The van der Waals surface area contributed by atoms with E-state index in [0.717, 1.165) is 44.4 Å². The van der Waals surface area contributed by atoms with Crippen molar-refractivity contribution in [1.82, 2.24) is 5.32 Å². The van der Waals surface area contributed by atoms with Crippen LogP contribution in [-0.2, 0) is 17.6 Å². The summed E-state index contributed by atoms with van der Waals surface area (Å²) in [5, 5.41) is 2.84. The van der Waals surface area contributed by atoms with Crippen LogP contribution in [0.5, 0.6) is 5.75 Å².